The maximum Gasteiger partial charge on any atom is 0.274 e. The summed E-state index contributed by atoms with van der Waals surface area (Å²) in [4.78, 5) is 21.3. The van der Waals surface area contributed by atoms with Crippen molar-refractivity contribution in [3.05, 3.63) is 34.5 Å². The van der Waals surface area contributed by atoms with Crippen LogP contribution in [0.25, 0.3) is 16.3 Å². The maximum atomic E-state index is 12.3. The molecule has 1 atom stereocenters. The van der Waals surface area contributed by atoms with Crippen LogP contribution in [-0.2, 0) is 9.53 Å². The summed E-state index contributed by atoms with van der Waals surface area (Å²) < 4.78 is 6.35. The number of nitrogens with one attached hydrogen (secondary N) is 2. The Bertz CT molecular complexity index is 870. The van der Waals surface area contributed by atoms with Gasteiger partial charge in [0.15, 0.2) is 0 Å². The zero-order valence-electron chi connectivity index (χ0n) is 15.5. The van der Waals surface area contributed by atoms with E-state index < -0.39 is 0 Å². The van der Waals surface area contributed by atoms with Gasteiger partial charge in [-0.2, -0.15) is 0 Å². The highest BCUT2D eigenvalue weighted by Gasteiger charge is 2.23. The number of hydrogen-bond donors (Lipinski definition) is 2. The topological polar surface area (TPSA) is 75.6 Å². The van der Waals surface area contributed by atoms with Crippen LogP contribution in [0.1, 0.15) is 30.8 Å². The second-order valence-electron chi connectivity index (χ2n) is 6.81. The number of methoxy groups -OCH3 is 1. The molecule has 138 valence electrons. The molecule has 0 saturated carbocycles. The van der Waals surface area contributed by atoms with Gasteiger partial charge in [-0.3, -0.25) is 10.1 Å². The van der Waals surface area contributed by atoms with E-state index >= 15 is 0 Å². The number of carbonyl (C=O) groups excluding carboxylic acids is 1. The molecule has 7 heteroatoms. The number of rotatable bonds is 6. The SMILES string of the molecule is COC[C@@H](CC(C)C)N=C1NC(=O)/C(=C/c2ccc3nc(C)sc3c2)N1. The van der Waals surface area contributed by atoms with Crippen molar-refractivity contribution >= 4 is 39.5 Å². The number of ether oxygens (including phenoxy) is 1. The molecular formula is C19H24N4O2S. The van der Waals surface area contributed by atoms with Gasteiger partial charge in [-0.15, -0.1) is 11.3 Å². The fourth-order valence-corrected chi connectivity index (χ4v) is 3.82. The molecule has 0 spiro atoms. The molecule has 0 bridgehead atoms. The van der Waals surface area contributed by atoms with E-state index in [4.69, 9.17) is 4.74 Å². The molecule has 1 aliphatic heterocycles. The van der Waals surface area contributed by atoms with Crippen LogP contribution in [0.5, 0.6) is 0 Å². The molecule has 1 amide bonds. The second-order valence-corrected chi connectivity index (χ2v) is 8.05. The van der Waals surface area contributed by atoms with Crippen LogP contribution in [0, 0.1) is 12.8 Å². The lowest BCUT2D eigenvalue weighted by molar-refractivity contribution is -0.115. The van der Waals surface area contributed by atoms with E-state index in [0.29, 0.717) is 24.2 Å². The van der Waals surface area contributed by atoms with Gasteiger partial charge in [-0.1, -0.05) is 19.9 Å². The highest BCUT2D eigenvalue weighted by atomic mass is 32.1. The lowest BCUT2D eigenvalue weighted by atomic mass is 10.1. The van der Waals surface area contributed by atoms with Crippen LogP contribution in [0.4, 0.5) is 0 Å². The molecule has 0 aliphatic carbocycles. The molecule has 0 radical (unpaired) electrons. The largest absolute Gasteiger partial charge is 0.382 e. The van der Waals surface area contributed by atoms with Gasteiger partial charge in [0.1, 0.15) is 5.70 Å². The first kappa shape index (κ1) is 18.5. The van der Waals surface area contributed by atoms with E-state index in [1.165, 1.54) is 0 Å². The van der Waals surface area contributed by atoms with Crippen molar-refractivity contribution in [2.24, 2.45) is 10.9 Å². The summed E-state index contributed by atoms with van der Waals surface area (Å²) in [5, 5.41) is 6.91. The molecule has 2 aromatic rings. The predicted octanol–water partition coefficient (Wildman–Crippen LogP) is 3.08. The first-order chi connectivity index (χ1) is 12.4. The molecule has 1 aliphatic rings. The molecule has 1 saturated heterocycles. The zero-order valence-corrected chi connectivity index (χ0v) is 16.3. The Hall–Kier alpha value is -2.25. The molecule has 0 unspecified atom stereocenters. The van der Waals surface area contributed by atoms with Crippen molar-refractivity contribution in [3.63, 3.8) is 0 Å². The summed E-state index contributed by atoms with van der Waals surface area (Å²) in [6, 6.07) is 6.00. The molecule has 2 heterocycles. The predicted molar refractivity (Wildman–Crippen MR) is 106 cm³/mol. The third-order valence-electron chi connectivity index (χ3n) is 3.97. The average molecular weight is 372 g/mol. The number of carbonyl (C=O) groups is 1. The average Bonchev–Trinajstić information content (AvgIpc) is 3.08. The van der Waals surface area contributed by atoms with Crippen LogP contribution in [0.3, 0.4) is 0 Å². The van der Waals surface area contributed by atoms with E-state index in [1.807, 2.05) is 31.2 Å². The number of fused-ring (bicyclic) bond motifs is 1. The first-order valence-electron chi connectivity index (χ1n) is 8.68. The number of guanidine groups is 1. The summed E-state index contributed by atoms with van der Waals surface area (Å²) in [5.74, 6) is 0.810. The van der Waals surface area contributed by atoms with E-state index in [-0.39, 0.29) is 11.9 Å². The molecule has 1 fully saturated rings. The number of aliphatic imine (C=N–C) groups is 1. The van der Waals surface area contributed by atoms with Crippen LogP contribution in [0.2, 0.25) is 0 Å². The van der Waals surface area contributed by atoms with E-state index in [2.05, 4.69) is 34.5 Å². The summed E-state index contributed by atoms with van der Waals surface area (Å²) >= 11 is 1.65. The second kappa shape index (κ2) is 7.97. The van der Waals surface area contributed by atoms with Gasteiger partial charge in [0.25, 0.3) is 5.91 Å². The first-order valence-corrected chi connectivity index (χ1v) is 9.50. The van der Waals surface area contributed by atoms with Crippen LogP contribution >= 0.6 is 11.3 Å². The van der Waals surface area contributed by atoms with Crippen molar-refractivity contribution in [1.82, 2.24) is 15.6 Å². The zero-order chi connectivity index (χ0) is 18.7. The minimum absolute atomic E-state index is 0.0127. The number of benzene rings is 1. The maximum absolute atomic E-state index is 12.3. The van der Waals surface area contributed by atoms with Crippen molar-refractivity contribution in [2.45, 2.75) is 33.2 Å². The van der Waals surface area contributed by atoms with Gasteiger partial charge < -0.3 is 10.1 Å². The standard InChI is InChI=1S/C19H24N4O2S/c1-11(2)7-14(10-25-4)21-19-22-16(18(24)23-19)8-13-5-6-15-17(9-13)26-12(3)20-15/h5-6,8-9,11,14H,7,10H2,1-4H3,(H2,21,22,23,24)/b16-8-/t14-/m1/s1. The molecule has 3 rings (SSSR count). The molecular weight excluding hydrogens is 348 g/mol. The molecule has 26 heavy (non-hydrogen) atoms. The van der Waals surface area contributed by atoms with Crippen molar-refractivity contribution in [1.29, 1.82) is 0 Å². The van der Waals surface area contributed by atoms with Crippen LogP contribution in [-0.4, -0.2) is 36.6 Å². The van der Waals surface area contributed by atoms with Crippen molar-refractivity contribution < 1.29 is 9.53 Å². The normalized spacial score (nSPS) is 18.7. The fourth-order valence-electron chi connectivity index (χ4n) is 2.95. The van der Waals surface area contributed by atoms with Crippen molar-refractivity contribution in [3.8, 4) is 0 Å². The van der Waals surface area contributed by atoms with E-state index in [9.17, 15) is 4.79 Å². The lowest BCUT2D eigenvalue weighted by Gasteiger charge is -2.14. The molecule has 6 nitrogen and oxygen atoms in total. The number of aromatic nitrogens is 1. The van der Waals surface area contributed by atoms with Gasteiger partial charge in [0.05, 0.1) is 27.9 Å². The molecule has 1 aromatic carbocycles. The Morgan fingerprint density at radius 1 is 1.35 bits per heavy atom. The smallest absolute Gasteiger partial charge is 0.274 e. The van der Waals surface area contributed by atoms with E-state index in [0.717, 1.165) is 27.2 Å². The minimum Gasteiger partial charge on any atom is -0.382 e. The highest BCUT2D eigenvalue weighted by molar-refractivity contribution is 7.18. The minimum atomic E-state index is -0.176. The Labute approximate surface area is 157 Å². The summed E-state index contributed by atoms with van der Waals surface area (Å²) in [6.45, 7) is 6.81. The Morgan fingerprint density at radius 2 is 2.15 bits per heavy atom. The van der Waals surface area contributed by atoms with Gasteiger partial charge in [-0.05, 0) is 43.0 Å². The lowest BCUT2D eigenvalue weighted by Crippen LogP contribution is -2.29. The van der Waals surface area contributed by atoms with Gasteiger partial charge in [-0.25, -0.2) is 9.98 Å². The monoisotopic (exact) mass is 372 g/mol. The van der Waals surface area contributed by atoms with Crippen LogP contribution in [0.15, 0.2) is 28.9 Å². The number of hydrogen-bond acceptors (Lipinski definition) is 5. The van der Waals surface area contributed by atoms with Gasteiger partial charge >= 0.3 is 0 Å². The fraction of sp³-hybridized carbons (Fsp3) is 0.421. The highest BCUT2D eigenvalue weighted by Crippen LogP contribution is 2.23. The number of thiazole rings is 1. The quantitative estimate of drug-likeness (QED) is 0.764. The number of nitrogens with zero attached hydrogens (tertiary/aromatic N) is 2. The third-order valence-corrected chi connectivity index (χ3v) is 4.91. The third kappa shape index (κ3) is 4.47. The van der Waals surface area contributed by atoms with Gasteiger partial charge in [0.2, 0.25) is 5.96 Å². The number of amides is 1. The Morgan fingerprint density at radius 3 is 2.88 bits per heavy atom. The summed E-state index contributed by atoms with van der Waals surface area (Å²) in [5.41, 5.74) is 2.43. The number of aryl methyl sites for hydroxylation is 1. The summed E-state index contributed by atoms with van der Waals surface area (Å²) in [7, 11) is 1.66. The Kier molecular flexibility index (Phi) is 5.68. The molecule has 1 aromatic heterocycles. The van der Waals surface area contributed by atoms with Crippen LogP contribution < -0.4 is 10.6 Å². The van der Waals surface area contributed by atoms with Gasteiger partial charge in [0, 0.05) is 7.11 Å². The summed E-state index contributed by atoms with van der Waals surface area (Å²) in [6.07, 6.45) is 2.73. The van der Waals surface area contributed by atoms with Crippen molar-refractivity contribution in [2.75, 3.05) is 13.7 Å². The Balaban J connectivity index is 1.79. The molecule has 2 N–H and O–H groups in total. The van der Waals surface area contributed by atoms with E-state index in [1.54, 1.807) is 18.4 Å².